The van der Waals surface area contributed by atoms with Gasteiger partial charge in [0.25, 0.3) is 11.8 Å². The Morgan fingerprint density at radius 1 is 1.09 bits per heavy atom. The van der Waals surface area contributed by atoms with Crippen LogP contribution in [0, 0.1) is 24.5 Å². The summed E-state index contributed by atoms with van der Waals surface area (Å²) in [5.74, 6) is -2.47. The number of carbonyl (C=O) groups is 2. The van der Waals surface area contributed by atoms with Gasteiger partial charge in [0.1, 0.15) is 11.6 Å². The number of aromatic nitrogens is 2. The highest BCUT2D eigenvalue weighted by atomic mass is 19.1. The van der Waals surface area contributed by atoms with Gasteiger partial charge in [-0.2, -0.15) is 0 Å². The standard InChI is InChI=1S/C24H23F2N3O4/c1-14-3-5-16(6-4-14)22-28-27-21(33-22)15(2)32-24(31)17-9-11-29(12-10-17)23(30)19-8-7-18(25)13-20(19)26/h3-8,13,15,17H,9-12H2,1-2H3. The molecule has 1 atom stereocenters. The Bertz CT molecular complexity index is 1150. The number of hydrogen-bond acceptors (Lipinski definition) is 6. The average molecular weight is 455 g/mol. The Morgan fingerprint density at radius 3 is 2.45 bits per heavy atom. The van der Waals surface area contributed by atoms with Gasteiger partial charge >= 0.3 is 5.97 Å². The maximum absolute atomic E-state index is 13.9. The third kappa shape index (κ3) is 5.08. The molecule has 1 aromatic heterocycles. The lowest BCUT2D eigenvalue weighted by atomic mass is 9.96. The zero-order chi connectivity index (χ0) is 23.5. The van der Waals surface area contributed by atoms with Crippen molar-refractivity contribution in [3.05, 3.63) is 71.1 Å². The largest absolute Gasteiger partial charge is 0.452 e. The molecule has 9 heteroatoms. The lowest BCUT2D eigenvalue weighted by Crippen LogP contribution is -2.41. The van der Waals surface area contributed by atoms with Crippen molar-refractivity contribution >= 4 is 11.9 Å². The van der Waals surface area contributed by atoms with Crippen LogP contribution >= 0.6 is 0 Å². The molecule has 33 heavy (non-hydrogen) atoms. The van der Waals surface area contributed by atoms with Crippen molar-refractivity contribution in [3.63, 3.8) is 0 Å². The Kier molecular flexibility index (Phi) is 6.48. The molecule has 0 saturated carbocycles. The van der Waals surface area contributed by atoms with E-state index in [-0.39, 0.29) is 24.5 Å². The van der Waals surface area contributed by atoms with Gasteiger partial charge in [0, 0.05) is 24.7 Å². The van der Waals surface area contributed by atoms with Crippen LogP contribution in [0.4, 0.5) is 8.78 Å². The summed E-state index contributed by atoms with van der Waals surface area (Å²) in [6.45, 7) is 4.16. The van der Waals surface area contributed by atoms with Gasteiger partial charge in [-0.25, -0.2) is 8.78 Å². The summed E-state index contributed by atoms with van der Waals surface area (Å²) in [5.41, 5.74) is 1.69. The van der Waals surface area contributed by atoms with Crippen LogP contribution in [-0.2, 0) is 9.53 Å². The monoisotopic (exact) mass is 455 g/mol. The van der Waals surface area contributed by atoms with E-state index in [0.717, 1.165) is 23.3 Å². The topological polar surface area (TPSA) is 85.5 Å². The number of amides is 1. The fourth-order valence-corrected chi connectivity index (χ4v) is 3.68. The molecule has 172 valence electrons. The smallest absolute Gasteiger partial charge is 0.309 e. The Balaban J connectivity index is 1.32. The first-order chi connectivity index (χ1) is 15.8. The summed E-state index contributed by atoms with van der Waals surface area (Å²) in [5, 5.41) is 8.01. The van der Waals surface area contributed by atoms with E-state index in [1.165, 1.54) is 4.90 Å². The summed E-state index contributed by atoms with van der Waals surface area (Å²) >= 11 is 0. The molecule has 0 spiro atoms. The van der Waals surface area contributed by atoms with Crippen LogP contribution in [0.1, 0.15) is 47.7 Å². The first kappa shape index (κ1) is 22.6. The number of rotatable bonds is 5. The summed E-state index contributed by atoms with van der Waals surface area (Å²) in [6.07, 6.45) is 0.0223. The highest BCUT2D eigenvalue weighted by Crippen LogP contribution is 2.26. The summed E-state index contributed by atoms with van der Waals surface area (Å²) in [4.78, 5) is 26.6. The van der Waals surface area contributed by atoms with Crippen molar-refractivity contribution < 1.29 is 27.5 Å². The highest BCUT2D eigenvalue weighted by molar-refractivity contribution is 5.94. The minimum Gasteiger partial charge on any atom is -0.452 e. The van der Waals surface area contributed by atoms with Crippen LogP contribution in [0.5, 0.6) is 0 Å². The van der Waals surface area contributed by atoms with Gasteiger partial charge in [0.2, 0.25) is 5.89 Å². The number of likely N-dealkylation sites (tertiary alicyclic amines) is 1. The number of hydrogen-bond donors (Lipinski definition) is 0. The third-order valence-electron chi connectivity index (χ3n) is 5.66. The molecule has 2 aromatic carbocycles. The van der Waals surface area contributed by atoms with Crippen molar-refractivity contribution in [1.29, 1.82) is 0 Å². The fourth-order valence-electron chi connectivity index (χ4n) is 3.68. The number of carbonyl (C=O) groups excluding carboxylic acids is 2. The van der Waals surface area contributed by atoms with Crippen molar-refractivity contribution in [1.82, 2.24) is 15.1 Å². The number of benzene rings is 2. The Labute approximate surface area is 189 Å². The van der Waals surface area contributed by atoms with Crippen molar-refractivity contribution in [3.8, 4) is 11.5 Å². The molecule has 1 aliphatic rings. The van der Waals surface area contributed by atoms with E-state index in [1.54, 1.807) is 6.92 Å². The zero-order valence-electron chi connectivity index (χ0n) is 18.3. The van der Waals surface area contributed by atoms with Crippen molar-refractivity contribution in [2.24, 2.45) is 5.92 Å². The molecule has 3 aromatic rings. The van der Waals surface area contributed by atoms with E-state index >= 15 is 0 Å². The summed E-state index contributed by atoms with van der Waals surface area (Å²) < 4.78 is 38.2. The molecule has 0 radical (unpaired) electrons. The molecule has 1 amide bonds. The highest BCUT2D eigenvalue weighted by Gasteiger charge is 2.31. The van der Waals surface area contributed by atoms with E-state index in [0.29, 0.717) is 24.8 Å². The lowest BCUT2D eigenvalue weighted by Gasteiger charge is -2.31. The predicted octanol–water partition coefficient (Wildman–Crippen LogP) is 4.48. The van der Waals surface area contributed by atoms with E-state index in [1.807, 2.05) is 31.2 Å². The molecular weight excluding hydrogens is 432 g/mol. The van der Waals surface area contributed by atoms with Crippen LogP contribution in [0.25, 0.3) is 11.5 Å². The van der Waals surface area contributed by atoms with Crippen LogP contribution in [0.3, 0.4) is 0 Å². The third-order valence-corrected chi connectivity index (χ3v) is 5.66. The van der Waals surface area contributed by atoms with E-state index in [2.05, 4.69) is 10.2 Å². The van der Waals surface area contributed by atoms with Gasteiger partial charge in [0.15, 0.2) is 6.10 Å². The average Bonchev–Trinajstić information content (AvgIpc) is 3.30. The molecule has 1 unspecified atom stereocenters. The van der Waals surface area contributed by atoms with E-state index in [4.69, 9.17) is 9.15 Å². The minimum absolute atomic E-state index is 0.188. The molecular formula is C24H23F2N3O4. The number of halogens is 2. The number of aryl methyl sites for hydroxylation is 1. The van der Waals surface area contributed by atoms with Gasteiger partial charge in [-0.1, -0.05) is 17.7 Å². The van der Waals surface area contributed by atoms with Gasteiger partial charge in [-0.05, 0) is 51.0 Å². The molecule has 0 aliphatic carbocycles. The normalized spacial score (nSPS) is 15.3. The van der Waals surface area contributed by atoms with Gasteiger partial charge in [-0.15, -0.1) is 10.2 Å². The quantitative estimate of drug-likeness (QED) is 0.528. The van der Waals surface area contributed by atoms with E-state index in [9.17, 15) is 18.4 Å². The molecule has 1 aliphatic heterocycles. The summed E-state index contributed by atoms with van der Waals surface area (Å²) in [7, 11) is 0. The van der Waals surface area contributed by atoms with Crippen LogP contribution in [0.15, 0.2) is 46.9 Å². The van der Waals surface area contributed by atoms with Crippen LogP contribution in [-0.4, -0.2) is 40.1 Å². The second kappa shape index (κ2) is 9.48. The second-order valence-electron chi connectivity index (χ2n) is 8.08. The molecule has 2 heterocycles. The second-order valence-corrected chi connectivity index (χ2v) is 8.08. The predicted molar refractivity (Wildman–Crippen MR) is 114 cm³/mol. The SMILES string of the molecule is Cc1ccc(-c2nnc(C(C)OC(=O)C3CCN(C(=O)c4ccc(F)cc4F)CC3)o2)cc1. The number of esters is 1. The van der Waals surface area contributed by atoms with Crippen molar-refractivity contribution in [2.45, 2.75) is 32.8 Å². The minimum atomic E-state index is -0.903. The lowest BCUT2D eigenvalue weighted by molar-refractivity contribution is -0.156. The maximum atomic E-state index is 13.9. The van der Waals surface area contributed by atoms with Crippen LogP contribution in [0.2, 0.25) is 0 Å². The van der Waals surface area contributed by atoms with Gasteiger partial charge in [-0.3, -0.25) is 9.59 Å². The molecule has 1 fully saturated rings. The Morgan fingerprint density at radius 2 is 1.79 bits per heavy atom. The summed E-state index contributed by atoms with van der Waals surface area (Å²) in [6, 6.07) is 10.5. The maximum Gasteiger partial charge on any atom is 0.309 e. The first-order valence-corrected chi connectivity index (χ1v) is 10.7. The fraction of sp³-hybridized carbons (Fsp3) is 0.333. The number of ether oxygens (including phenoxy) is 1. The van der Waals surface area contributed by atoms with Gasteiger partial charge in [0.05, 0.1) is 11.5 Å². The molecule has 0 bridgehead atoms. The van der Waals surface area contributed by atoms with Crippen molar-refractivity contribution in [2.75, 3.05) is 13.1 Å². The Hall–Kier alpha value is -3.62. The first-order valence-electron chi connectivity index (χ1n) is 10.7. The number of nitrogens with zero attached hydrogens (tertiary/aromatic N) is 3. The molecule has 4 rings (SSSR count). The molecule has 7 nitrogen and oxygen atoms in total. The number of piperidine rings is 1. The van der Waals surface area contributed by atoms with E-state index < -0.39 is 35.5 Å². The van der Waals surface area contributed by atoms with Gasteiger partial charge < -0.3 is 14.1 Å². The van der Waals surface area contributed by atoms with Crippen LogP contribution < -0.4 is 0 Å². The zero-order valence-corrected chi connectivity index (χ0v) is 18.3. The molecule has 1 saturated heterocycles. The molecule has 0 N–H and O–H groups in total.